The van der Waals surface area contributed by atoms with Gasteiger partial charge < -0.3 is 4.74 Å². The fourth-order valence-electron chi connectivity index (χ4n) is 1.96. The van der Waals surface area contributed by atoms with Crippen LogP contribution >= 0.6 is 12.6 Å². The molecule has 0 rings (SSSR count). The van der Waals surface area contributed by atoms with Crippen LogP contribution in [0.25, 0.3) is 0 Å². The molecule has 0 fully saturated rings. The number of thiol groups is 1. The van der Waals surface area contributed by atoms with Crippen LogP contribution in [0.15, 0.2) is 0 Å². The van der Waals surface area contributed by atoms with Crippen LogP contribution in [0.2, 0.25) is 0 Å². The number of ether oxygens (including phenoxy) is 1. The lowest BCUT2D eigenvalue weighted by Crippen LogP contribution is -2.37. The molecule has 98 valence electrons. The van der Waals surface area contributed by atoms with Gasteiger partial charge in [-0.05, 0) is 19.3 Å². The molecule has 16 heavy (non-hydrogen) atoms. The average molecular weight is 246 g/mol. The van der Waals surface area contributed by atoms with Crippen LogP contribution in [0, 0.1) is 5.92 Å². The Balaban J connectivity index is 3.60. The molecule has 2 atom stereocenters. The van der Waals surface area contributed by atoms with Crippen molar-refractivity contribution >= 4 is 12.6 Å². The highest BCUT2D eigenvalue weighted by Crippen LogP contribution is 2.27. The van der Waals surface area contributed by atoms with E-state index in [0.717, 1.165) is 5.75 Å². The molecule has 0 aromatic carbocycles. The highest BCUT2D eigenvalue weighted by Gasteiger charge is 2.28. The van der Waals surface area contributed by atoms with Crippen molar-refractivity contribution in [3.8, 4) is 0 Å². The molecule has 0 bridgehead atoms. The third kappa shape index (κ3) is 6.15. The maximum atomic E-state index is 5.57. The summed E-state index contributed by atoms with van der Waals surface area (Å²) in [7, 11) is 1.80. The molecule has 0 aromatic rings. The molecule has 2 heteroatoms. The van der Waals surface area contributed by atoms with Gasteiger partial charge in [0.2, 0.25) is 0 Å². The van der Waals surface area contributed by atoms with Crippen LogP contribution in [0.3, 0.4) is 0 Å². The molecule has 0 aliphatic rings. The van der Waals surface area contributed by atoms with E-state index in [2.05, 4.69) is 33.4 Å². The Bertz CT molecular complexity index is 155. The summed E-state index contributed by atoms with van der Waals surface area (Å²) in [6.45, 7) is 6.71. The third-order valence-electron chi connectivity index (χ3n) is 3.81. The molecule has 0 aromatic heterocycles. The Labute approximate surface area is 108 Å². The van der Waals surface area contributed by atoms with Gasteiger partial charge in [0.15, 0.2) is 0 Å². The summed E-state index contributed by atoms with van der Waals surface area (Å²) in [6.07, 6.45) is 9.48. The van der Waals surface area contributed by atoms with Gasteiger partial charge in [-0.25, -0.2) is 0 Å². The van der Waals surface area contributed by atoms with E-state index in [1.807, 2.05) is 0 Å². The third-order valence-corrected chi connectivity index (χ3v) is 4.44. The van der Waals surface area contributed by atoms with Gasteiger partial charge in [-0.1, -0.05) is 52.4 Å². The number of unbranched alkanes of at least 4 members (excludes halogenated alkanes) is 5. The van der Waals surface area contributed by atoms with Crippen LogP contribution in [-0.4, -0.2) is 18.5 Å². The minimum absolute atomic E-state index is 0.0491. The second-order valence-corrected chi connectivity index (χ2v) is 5.45. The van der Waals surface area contributed by atoms with Gasteiger partial charge in [-0.3, -0.25) is 0 Å². The zero-order chi connectivity index (χ0) is 12.4. The molecule has 0 saturated carbocycles. The first-order valence-corrected chi connectivity index (χ1v) is 7.40. The minimum Gasteiger partial charge on any atom is -0.377 e. The van der Waals surface area contributed by atoms with Crippen molar-refractivity contribution in [3.63, 3.8) is 0 Å². The fourth-order valence-corrected chi connectivity index (χ4v) is 2.40. The Morgan fingerprint density at radius 2 is 1.69 bits per heavy atom. The van der Waals surface area contributed by atoms with E-state index < -0.39 is 0 Å². The van der Waals surface area contributed by atoms with Gasteiger partial charge in [0.05, 0.1) is 5.60 Å². The first-order chi connectivity index (χ1) is 7.60. The summed E-state index contributed by atoms with van der Waals surface area (Å²) < 4.78 is 5.57. The average Bonchev–Trinajstić information content (AvgIpc) is 2.32. The number of rotatable bonds is 10. The van der Waals surface area contributed by atoms with Crippen molar-refractivity contribution < 1.29 is 4.74 Å². The smallest absolute Gasteiger partial charge is 0.0763 e. The second kappa shape index (κ2) is 9.35. The summed E-state index contributed by atoms with van der Waals surface area (Å²) in [5.41, 5.74) is -0.0491. The summed E-state index contributed by atoms with van der Waals surface area (Å²) in [5, 5.41) is 0. The molecule has 1 nitrogen and oxygen atoms in total. The first-order valence-electron chi connectivity index (χ1n) is 6.76. The molecular formula is C14H30OS. The van der Waals surface area contributed by atoms with Crippen molar-refractivity contribution in [1.29, 1.82) is 0 Å². The molecule has 0 radical (unpaired) electrons. The van der Waals surface area contributed by atoms with Crippen LogP contribution in [0.5, 0.6) is 0 Å². The largest absolute Gasteiger partial charge is 0.377 e. The van der Waals surface area contributed by atoms with E-state index in [1.165, 1.54) is 44.9 Å². The van der Waals surface area contributed by atoms with Crippen molar-refractivity contribution in [2.45, 2.75) is 71.3 Å². The van der Waals surface area contributed by atoms with Gasteiger partial charge in [0.1, 0.15) is 0 Å². The molecular weight excluding hydrogens is 216 g/mol. The SMILES string of the molecule is CCCCCCCCC(C)C(C)(CS)OC. The number of methoxy groups -OCH3 is 1. The van der Waals surface area contributed by atoms with E-state index in [-0.39, 0.29) is 5.60 Å². The van der Waals surface area contributed by atoms with Crippen LogP contribution in [-0.2, 0) is 4.74 Å². The first kappa shape index (κ1) is 16.3. The van der Waals surface area contributed by atoms with Crippen molar-refractivity contribution in [2.75, 3.05) is 12.9 Å². The predicted molar refractivity (Wildman–Crippen MR) is 76.4 cm³/mol. The molecule has 0 saturated heterocycles. The summed E-state index contributed by atoms with van der Waals surface area (Å²) >= 11 is 4.39. The lowest BCUT2D eigenvalue weighted by molar-refractivity contribution is -0.0206. The molecule has 2 unspecified atom stereocenters. The van der Waals surface area contributed by atoms with Gasteiger partial charge in [-0.2, -0.15) is 12.6 Å². The van der Waals surface area contributed by atoms with Gasteiger partial charge in [0, 0.05) is 12.9 Å². The zero-order valence-electron chi connectivity index (χ0n) is 11.6. The number of hydrogen-bond donors (Lipinski definition) is 1. The quantitative estimate of drug-likeness (QED) is 0.434. The lowest BCUT2D eigenvalue weighted by Gasteiger charge is -2.33. The Kier molecular flexibility index (Phi) is 9.53. The summed E-state index contributed by atoms with van der Waals surface area (Å²) in [6, 6.07) is 0. The number of hydrogen-bond acceptors (Lipinski definition) is 2. The zero-order valence-corrected chi connectivity index (χ0v) is 12.5. The van der Waals surface area contributed by atoms with E-state index in [9.17, 15) is 0 Å². The van der Waals surface area contributed by atoms with Crippen molar-refractivity contribution in [2.24, 2.45) is 5.92 Å². The maximum absolute atomic E-state index is 5.57. The minimum atomic E-state index is -0.0491. The van der Waals surface area contributed by atoms with E-state index in [1.54, 1.807) is 7.11 Å². The normalized spacial score (nSPS) is 17.1. The molecule has 0 aliphatic heterocycles. The Morgan fingerprint density at radius 1 is 1.12 bits per heavy atom. The van der Waals surface area contributed by atoms with E-state index in [4.69, 9.17) is 4.74 Å². The van der Waals surface area contributed by atoms with Crippen molar-refractivity contribution in [3.05, 3.63) is 0 Å². The monoisotopic (exact) mass is 246 g/mol. The maximum Gasteiger partial charge on any atom is 0.0763 e. The molecule has 0 heterocycles. The van der Waals surface area contributed by atoms with Crippen LogP contribution < -0.4 is 0 Å². The Hall–Kier alpha value is 0.310. The van der Waals surface area contributed by atoms with E-state index >= 15 is 0 Å². The Morgan fingerprint density at radius 3 is 2.19 bits per heavy atom. The van der Waals surface area contributed by atoms with E-state index in [0.29, 0.717) is 5.92 Å². The molecule has 0 amide bonds. The van der Waals surface area contributed by atoms with Crippen molar-refractivity contribution in [1.82, 2.24) is 0 Å². The molecule has 0 spiro atoms. The lowest BCUT2D eigenvalue weighted by atomic mass is 9.87. The summed E-state index contributed by atoms with van der Waals surface area (Å²) in [4.78, 5) is 0. The fraction of sp³-hybridized carbons (Fsp3) is 1.00. The highest BCUT2D eigenvalue weighted by atomic mass is 32.1. The van der Waals surface area contributed by atoms with Gasteiger partial charge >= 0.3 is 0 Å². The van der Waals surface area contributed by atoms with Crippen LogP contribution in [0.1, 0.15) is 65.7 Å². The topological polar surface area (TPSA) is 9.23 Å². The predicted octanol–water partition coefficient (Wildman–Crippen LogP) is 4.71. The standard InChI is InChI=1S/C14H30OS/c1-5-6-7-8-9-10-11-13(2)14(3,12-16)15-4/h13,16H,5-12H2,1-4H3. The summed E-state index contributed by atoms with van der Waals surface area (Å²) in [5.74, 6) is 1.40. The van der Waals surface area contributed by atoms with Gasteiger partial charge in [-0.15, -0.1) is 0 Å². The second-order valence-electron chi connectivity index (χ2n) is 5.13. The van der Waals surface area contributed by atoms with Gasteiger partial charge in [0.25, 0.3) is 0 Å². The van der Waals surface area contributed by atoms with Crippen LogP contribution in [0.4, 0.5) is 0 Å². The highest BCUT2D eigenvalue weighted by molar-refractivity contribution is 7.80. The molecule has 0 N–H and O–H groups in total. The molecule has 0 aliphatic carbocycles.